The fourth-order valence-electron chi connectivity index (χ4n) is 2.72. The molecule has 4 heteroatoms. The van der Waals surface area contributed by atoms with Gasteiger partial charge in [0, 0.05) is 18.6 Å². The molecule has 0 bridgehead atoms. The Balaban J connectivity index is 2.61. The van der Waals surface area contributed by atoms with Crippen molar-refractivity contribution in [3.8, 4) is 0 Å². The summed E-state index contributed by atoms with van der Waals surface area (Å²) in [5.74, 6) is 0.115. The highest BCUT2D eigenvalue weighted by Crippen LogP contribution is 2.34. The Morgan fingerprint density at radius 3 is 2.44 bits per heavy atom. The van der Waals surface area contributed by atoms with Gasteiger partial charge >= 0.3 is 0 Å². The molecule has 94 valence electrons. The lowest BCUT2D eigenvalue weighted by atomic mass is 9.95. The molecule has 16 heavy (non-hydrogen) atoms. The van der Waals surface area contributed by atoms with Gasteiger partial charge in [-0.15, -0.1) is 0 Å². The maximum atomic E-state index is 11.6. The number of carbonyl (C=O) groups excluding carboxylic acids is 1. The number of amides is 1. The highest BCUT2D eigenvalue weighted by atomic mass is 16.2. The lowest BCUT2D eigenvalue weighted by Gasteiger charge is -2.39. The van der Waals surface area contributed by atoms with Gasteiger partial charge in [0.25, 0.3) is 0 Å². The molecule has 0 atom stereocenters. The Morgan fingerprint density at radius 1 is 1.38 bits per heavy atom. The molecule has 1 aliphatic carbocycles. The molecule has 0 spiro atoms. The number of rotatable bonds is 6. The third-order valence-corrected chi connectivity index (χ3v) is 3.68. The van der Waals surface area contributed by atoms with E-state index in [1.165, 1.54) is 12.8 Å². The van der Waals surface area contributed by atoms with E-state index in [1.54, 1.807) is 0 Å². The second-order valence-corrected chi connectivity index (χ2v) is 4.60. The summed E-state index contributed by atoms with van der Waals surface area (Å²) in [7, 11) is 0. The summed E-state index contributed by atoms with van der Waals surface area (Å²) < 4.78 is 0. The zero-order valence-corrected chi connectivity index (χ0v) is 10.6. The number of nitrogens with two attached hydrogens (primary N) is 1. The summed E-state index contributed by atoms with van der Waals surface area (Å²) in [6.45, 7) is 6.81. The van der Waals surface area contributed by atoms with E-state index in [1.807, 2.05) is 6.92 Å². The first-order valence-electron chi connectivity index (χ1n) is 6.40. The van der Waals surface area contributed by atoms with E-state index in [0.29, 0.717) is 19.6 Å². The molecule has 0 aliphatic heterocycles. The van der Waals surface area contributed by atoms with Gasteiger partial charge in [0.05, 0.1) is 6.54 Å². The molecule has 0 unspecified atom stereocenters. The van der Waals surface area contributed by atoms with Crippen LogP contribution in [0.5, 0.6) is 0 Å². The molecule has 0 aromatic rings. The van der Waals surface area contributed by atoms with Crippen LogP contribution in [0.1, 0.15) is 39.5 Å². The number of nitrogens with zero attached hydrogens (tertiary/aromatic N) is 1. The van der Waals surface area contributed by atoms with E-state index in [2.05, 4.69) is 17.1 Å². The van der Waals surface area contributed by atoms with Gasteiger partial charge < -0.3 is 11.1 Å². The lowest BCUT2D eigenvalue weighted by molar-refractivity contribution is -0.123. The minimum atomic E-state index is 0.0832. The topological polar surface area (TPSA) is 58.4 Å². The maximum absolute atomic E-state index is 11.6. The lowest BCUT2D eigenvalue weighted by Crippen LogP contribution is -2.54. The molecule has 0 heterocycles. The summed E-state index contributed by atoms with van der Waals surface area (Å²) in [5, 5.41) is 2.85. The first-order valence-corrected chi connectivity index (χ1v) is 6.40. The second-order valence-electron chi connectivity index (χ2n) is 4.60. The van der Waals surface area contributed by atoms with E-state index in [-0.39, 0.29) is 11.4 Å². The van der Waals surface area contributed by atoms with Crippen LogP contribution >= 0.6 is 0 Å². The number of likely N-dealkylation sites (N-methyl/N-ethyl adjacent to an activating group) is 2. The van der Waals surface area contributed by atoms with Gasteiger partial charge in [0.15, 0.2) is 0 Å². The van der Waals surface area contributed by atoms with Crippen LogP contribution in [0.25, 0.3) is 0 Å². The average Bonchev–Trinajstić information content (AvgIpc) is 2.76. The van der Waals surface area contributed by atoms with Gasteiger partial charge in [-0.25, -0.2) is 0 Å². The number of hydrogen-bond acceptors (Lipinski definition) is 3. The predicted molar refractivity (Wildman–Crippen MR) is 66.2 cm³/mol. The minimum Gasteiger partial charge on any atom is -0.355 e. The van der Waals surface area contributed by atoms with Crippen molar-refractivity contribution < 1.29 is 4.79 Å². The van der Waals surface area contributed by atoms with Crippen LogP contribution in [-0.2, 0) is 4.79 Å². The fraction of sp³-hybridized carbons (Fsp3) is 0.917. The maximum Gasteiger partial charge on any atom is 0.234 e. The van der Waals surface area contributed by atoms with Crippen molar-refractivity contribution in [2.45, 2.75) is 45.1 Å². The van der Waals surface area contributed by atoms with Crippen molar-refractivity contribution in [1.29, 1.82) is 0 Å². The summed E-state index contributed by atoms with van der Waals surface area (Å²) in [6, 6.07) is 0. The van der Waals surface area contributed by atoms with E-state index in [0.717, 1.165) is 19.4 Å². The van der Waals surface area contributed by atoms with E-state index >= 15 is 0 Å². The van der Waals surface area contributed by atoms with Crippen molar-refractivity contribution in [2.75, 3.05) is 26.2 Å². The Bertz CT molecular complexity index is 224. The average molecular weight is 227 g/mol. The van der Waals surface area contributed by atoms with Gasteiger partial charge in [-0.1, -0.05) is 19.8 Å². The van der Waals surface area contributed by atoms with Crippen LogP contribution in [0, 0.1) is 0 Å². The summed E-state index contributed by atoms with van der Waals surface area (Å²) in [5.41, 5.74) is 6.00. The van der Waals surface area contributed by atoms with Crippen LogP contribution in [-0.4, -0.2) is 42.5 Å². The van der Waals surface area contributed by atoms with Crippen LogP contribution < -0.4 is 11.1 Å². The number of carbonyl (C=O) groups is 1. The second kappa shape index (κ2) is 6.21. The molecule has 3 N–H and O–H groups in total. The molecule has 4 nitrogen and oxygen atoms in total. The normalized spacial score (nSPS) is 19.0. The van der Waals surface area contributed by atoms with Crippen molar-refractivity contribution >= 4 is 5.91 Å². The third-order valence-electron chi connectivity index (χ3n) is 3.68. The third kappa shape index (κ3) is 2.95. The smallest absolute Gasteiger partial charge is 0.234 e. The van der Waals surface area contributed by atoms with Crippen LogP contribution in [0.4, 0.5) is 0 Å². The molecule has 1 rings (SSSR count). The molecule has 1 amide bonds. The molecule has 1 aliphatic rings. The molecule has 0 saturated heterocycles. The first kappa shape index (κ1) is 13.5. The molecule has 0 radical (unpaired) electrons. The highest BCUT2D eigenvalue weighted by molar-refractivity contribution is 5.78. The van der Waals surface area contributed by atoms with Crippen LogP contribution in [0.2, 0.25) is 0 Å². The van der Waals surface area contributed by atoms with Crippen molar-refractivity contribution in [1.82, 2.24) is 10.2 Å². The largest absolute Gasteiger partial charge is 0.355 e. The Hall–Kier alpha value is -0.610. The van der Waals surface area contributed by atoms with E-state index in [4.69, 9.17) is 5.73 Å². The fourth-order valence-corrected chi connectivity index (χ4v) is 2.72. The van der Waals surface area contributed by atoms with Crippen LogP contribution in [0.3, 0.4) is 0 Å². The zero-order valence-electron chi connectivity index (χ0n) is 10.6. The van der Waals surface area contributed by atoms with E-state index in [9.17, 15) is 4.79 Å². The number of nitrogens with one attached hydrogen (secondary N) is 1. The molecule has 1 saturated carbocycles. The highest BCUT2D eigenvalue weighted by Gasteiger charge is 2.38. The zero-order chi connectivity index (χ0) is 12.0. The summed E-state index contributed by atoms with van der Waals surface area (Å²) in [6.07, 6.45) is 4.75. The Kier molecular flexibility index (Phi) is 5.22. The monoisotopic (exact) mass is 227 g/mol. The molecule has 0 aromatic carbocycles. The van der Waals surface area contributed by atoms with Gasteiger partial charge in [0.1, 0.15) is 0 Å². The number of hydrogen-bond donors (Lipinski definition) is 2. The molecule has 1 fully saturated rings. The molecule has 0 aromatic heterocycles. The van der Waals surface area contributed by atoms with Crippen molar-refractivity contribution in [3.05, 3.63) is 0 Å². The minimum absolute atomic E-state index is 0.0832. The quantitative estimate of drug-likeness (QED) is 0.703. The Morgan fingerprint density at radius 2 is 2.00 bits per heavy atom. The Labute approximate surface area is 98.6 Å². The van der Waals surface area contributed by atoms with Crippen molar-refractivity contribution in [3.63, 3.8) is 0 Å². The summed E-state index contributed by atoms with van der Waals surface area (Å²) >= 11 is 0. The molecular formula is C12H25N3O. The predicted octanol–water partition coefficient (Wildman–Crippen LogP) is 0.716. The van der Waals surface area contributed by atoms with Crippen LogP contribution in [0.15, 0.2) is 0 Å². The van der Waals surface area contributed by atoms with Gasteiger partial charge in [-0.2, -0.15) is 0 Å². The van der Waals surface area contributed by atoms with E-state index < -0.39 is 0 Å². The van der Waals surface area contributed by atoms with Crippen molar-refractivity contribution in [2.24, 2.45) is 5.73 Å². The van der Waals surface area contributed by atoms with Gasteiger partial charge in [-0.3, -0.25) is 9.69 Å². The van der Waals surface area contributed by atoms with Gasteiger partial charge in [0.2, 0.25) is 5.91 Å². The first-order chi connectivity index (χ1) is 7.68. The molecular weight excluding hydrogens is 202 g/mol. The summed E-state index contributed by atoms with van der Waals surface area (Å²) in [4.78, 5) is 13.9. The van der Waals surface area contributed by atoms with Gasteiger partial charge in [-0.05, 0) is 26.3 Å². The SMILES string of the molecule is CCNC(=O)CN(CC)C1(CN)CCCC1. The standard InChI is InChI=1S/C12H25N3O/c1-3-14-11(16)9-15(4-2)12(10-13)7-5-6-8-12/h3-10,13H2,1-2H3,(H,14,16).